The van der Waals surface area contributed by atoms with Crippen LogP contribution in [0.2, 0.25) is 0 Å². The predicted molar refractivity (Wildman–Crippen MR) is 49.2 cm³/mol. The normalized spacial score (nSPS) is 17.9. The average Bonchev–Trinajstić information content (AvgIpc) is 2.13. The molecule has 15 heavy (non-hydrogen) atoms. The van der Waals surface area contributed by atoms with Crippen LogP contribution in [-0.4, -0.2) is 31.5 Å². The van der Waals surface area contributed by atoms with Crippen LogP contribution < -0.4 is 5.32 Å². The van der Waals surface area contributed by atoms with Crippen molar-refractivity contribution in [2.45, 2.75) is 38.1 Å². The van der Waals surface area contributed by atoms with Crippen molar-refractivity contribution in [3.8, 4) is 6.07 Å². The number of nitrogens with zero attached hydrogens (tertiary/aromatic N) is 1. The molecular weight excluding hydrogens is 209 g/mol. The SMILES string of the molecule is CNC(C)(C#N)CC(C)OCC(F)(F)F. The van der Waals surface area contributed by atoms with Gasteiger partial charge in [-0.05, 0) is 20.9 Å². The number of ether oxygens (including phenoxy) is 1. The van der Waals surface area contributed by atoms with E-state index in [4.69, 9.17) is 5.26 Å². The van der Waals surface area contributed by atoms with Gasteiger partial charge in [0.1, 0.15) is 12.1 Å². The molecule has 0 heterocycles. The number of nitrogens with one attached hydrogen (secondary N) is 1. The van der Waals surface area contributed by atoms with E-state index in [1.54, 1.807) is 14.0 Å². The van der Waals surface area contributed by atoms with Gasteiger partial charge in [0.05, 0.1) is 12.2 Å². The van der Waals surface area contributed by atoms with E-state index in [1.807, 2.05) is 6.07 Å². The standard InChI is InChI=1S/C9H15F3N2O/c1-7(15-6-9(10,11)12)4-8(2,5-13)14-3/h7,14H,4,6H2,1-3H3. The Morgan fingerprint density at radius 1 is 1.47 bits per heavy atom. The summed E-state index contributed by atoms with van der Waals surface area (Å²) in [5.74, 6) is 0. The minimum atomic E-state index is -4.32. The van der Waals surface area contributed by atoms with Crippen molar-refractivity contribution >= 4 is 0 Å². The van der Waals surface area contributed by atoms with Crippen molar-refractivity contribution in [2.75, 3.05) is 13.7 Å². The number of alkyl halides is 3. The highest BCUT2D eigenvalue weighted by Gasteiger charge is 2.30. The summed E-state index contributed by atoms with van der Waals surface area (Å²) in [6, 6.07) is 1.98. The van der Waals surface area contributed by atoms with E-state index in [-0.39, 0.29) is 6.42 Å². The summed E-state index contributed by atoms with van der Waals surface area (Å²) in [7, 11) is 1.58. The molecule has 0 aliphatic heterocycles. The van der Waals surface area contributed by atoms with Crippen LogP contribution in [0.1, 0.15) is 20.3 Å². The molecule has 0 saturated heterocycles. The molecule has 0 saturated carbocycles. The molecule has 6 heteroatoms. The third kappa shape index (κ3) is 6.31. The Morgan fingerprint density at radius 3 is 2.33 bits per heavy atom. The highest BCUT2D eigenvalue weighted by atomic mass is 19.4. The quantitative estimate of drug-likeness (QED) is 0.775. The summed E-state index contributed by atoms with van der Waals surface area (Å²) >= 11 is 0. The largest absolute Gasteiger partial charge is 0.411 e. The number of hydrogen-bond acceptors (Lipinski definition) is 3. The number of nitriles is 1. The van der Waals surface area contributed by atoms with E-state index < -0.39 is 24.4 Å². The van der Waals surface area contributed by atoms with E-state index >= 15 is 0 Å². The first kappa shape index (κ1) is 14.2. The second kappa shape index (κ2) is 5.33. The fourth-order valence-electron chi connectivity index (χ4n) is 1.07. The molecule has 2 unspecified atom stereocenters. The van der Waals surface area contributed by atoms with Crippen LogP contribution >= 0.6 is 0 Å². The molecule has 2 atom stereocenters. The van der Waals surface area contributed by atoms with Gasteiger partial charge in [0.2, 0.25) is 0 Å². The van der Waals surface area contributed by atoms with Gasteiger partial charge in [0.25, 0.3) is 0 Å². The zero-order valence-corrected chi connectivity index (χ0v) is 8.98. The molecule has 0 bridgehead atoms. The third-order valence-electron chi connectivity index (χ3n) is 2.03. The average molecular weight is 224 g/mol. The maximum absolute atomic E-state index is 11.8. The van der Waals surface area contributed by atoms with E-state index in [1.165, 1.54) is 6.92 Å². The Hall–Kier alpha value is -0.800. The van der Waals surface area contributed by atoms with Crippen LogP contribution in [0.5, 0.6) is 0 Å². The minimum absolute atomic E-state index is 0.204. The minimum Gasteiger partial charge on any atom is -0.369 e. The number of hydrogen-bond donors (Lipinski definition) is 1. The van der Waals surface area contributed by atoms with Gasteiger partial charge >= 0.3 is 6.18 Å². The van der Waals surface area contributed by atoms with Gasteiger partial charge in [0.15, 0.2) is 0 Å². The lowest BCUT2D eigenvalue weighted by Gasteiger charge is -2.25. The summed E-state index contributed by atoms with van der Waals surface area (Å²) in [6.45, 7) is 1.85. The van der Waals surface area contributed by atoms with Gasteiger partial charge < -0.3 is 10.1 Å². The van der Waals surface area contributed by atoms with Crippen molar-refractivity contribution in [3.63, 3.8) is 0 Å². The predicted octanol–water partition coefficient (Wildman–Crippen LogP) is 1.85. The van der Waals surface area contributed by atoms with E-state index in [9.17, 15) is 13.2 Å². The van der Waals surface area contributed by atoms with Gasteiger partial charge in [-0.2, -0.15) is 18.4 Å². The Balaban J connectivity index is 4.04. The molecule has 0 aliphatic rings. The van der Waals surface area contributed by atoms with Crippen molar-refractivity contribution in [1.82, 2.24) is 5.32 Å². The maximum atomic E-state index is 11.8. The van der Waals surface area contributed by atoms with E-state index in [0.29, 0.717) is 0 Å². The second-order valence-corrected chi connectivity index (χ2v) is 3.63. The van der Waals surface area contributed by atoms with E-state index in [2.05, 4.69) is 10.1 Å². The highest BCUT2D eigenvalue weighted by Crippen LogP contribution is 2.18. The molecule has 0 aromatic rings. The molecule has 0 aromatic carbocycles. The van der Waals surface area contributed by atoms with E-state index in [0.717, 1.165) is 0 Å². The van der Waals surface area contributed by atoms with Gasteiger partial charge in [-0.3, -0.25) is 0 Å². The topological polar surface area (TPSA) is 45.0 Å². The molecule has 0 radical (unpaired) electrons. The van der Waals surface area contributed by atoms with Gasteiger partial charge in [-0.25, -0.2) is 0 Å². The Bertz CT molecular complexity index is 236. The van der Waals surface area contributed by atoms with Crippen LogP contribution in [0, 0.1) is 11.3 Å². The van der Waals surface area contributed by atoms with Gasteiger partial charge in [0, 0.05) is 6.42 Å². The smallest absolute Gasteiger partial charge is 0.369 e. The van der Waals surface area contributed by atoms with Crippen molar-refractivity contribution in [2.24, 2.45) is 0 Å². The zero-order valence-electron chi connectivity index (χ0n) is 8.98. The molecule has 88 valence electrons. The first-order valence-corrected chi connectivity index (χ1v) is 4.51. The fourth-order valence-corrected chi connectivity index (χ4v) is 1.07. The van der Waals surface area contributed by atoms with Crippen molar-refractivity contribution in [3.05, 3.63) is 0 Å². The summed E-state index contributed by atoms with van der Waals surface area (Å²) in [6.07, 6.45) is -4.74. The molecule has 0 rings (SSSR count). The highest BCUT2D eigenvalue weighted by molar-refractivity contribution is 5.03. The van der Waals surface area contributed by atoms with Crippen LogP contribution in [0.3, 0.4) is 0 Å². The number of rotatable bonds is 5. The summed E-state index contributed by atoms with van der Waals surface area (Å²) in [5.41, 5.74) is -0.856. The number of halogens is 3. The molecule has 0 aliphatic carbocycles. The van der Waals surface area contributed by atoms with Crippen LogP contribution in [0.15, 0.2) is 0 Å². The monoisotopic (exact) mass is 224 g/mol. The lowest BCUT2D eigenvalue weighted by atomic mass is 9.97. The molecule has 0 aromatic heterocycles. The zero-order chi connectivity index (χ0) is 12.1. The molecule has 1 N–H and O–H groups in total. The molecule has 3 nitrogen and oxygen atoms in total. The molecule has 0 spiro atoms. The fraction of sp³-hybridized carbons (Fsp3) is 0.889. The Morgan fingerprint density at radius 2 is 2.00 bits per heavy atom. The molecular formula is C9H15F3N2O. The van der Waals surface area contributed by atoms with Crippen LogP contribution in [0.4, 0.5) is 13.2 Å². The van der Waals surface area contributed by atoms with Crippen molar-refractivity contribution in [1.29, 1.82) is 5.26 Å². The third-order valence-corrected chi connectivity index (χ3v) is 2.03. The molecule has 0 fully saturated rings. The van der Waals surface area contributed by atoms with Gasteiger partial charge in [-0.1, -0.05) is 0 Å². The first-order valence-electron chi connectivity index (χ1n) is 4.51. The summed E-state index contributed by atoms with van der Waals surface area (Å²) < 4.78 is 40.0. The van der Waals surface area contributed by atoms with Crippen molar-refractivity contribution < 1.29 is 17.9 Å². The Kier molecular flexibility index (Phi) is 5.05. The summed E-state index contributed by atoms with van der Waals surface area (Å²) in [5, 5.41) is 11.5. The van der Waals surface area contributed by atoms with Crippen LogP contribution in [-0.2, 0) is 4.74 Å². The lowest BCUT2D eigenvalue weighted by molar-refractivity contribution is -0.185. The first-order chi connectivity index (χ1) is 6.72. The van der Waals surface area contributed by atoms with Gasteiger partial charge in [-0.15, -0.1) is 0 Å². The molecule has 0 amide bonds. The summed E-state index contributed by atoms with van der Waals surface area (Å²) in [4.78, 5) is 0. The lowest BCUT2D eigenvalue weighted by Crippen LogP contribution is -2.41. The second-order valence-electron chi connectivity index (χ2n) is 3.63. The maximum Gasteiger partial charge on any atom is 0.411 e. The van der Waals surface area contributed by atoms with Crippen LogP contribution in [0.25, 0.3) is 0 Å². The Labute approximate surface area is 87.2 Å².